The van der Waals surface area contributed by atoms with E-state index in [1.807, 2.05) is 60.0 Å². The van der Waals surface area contributed by atoms with Gasteiger partial charge >= 0.3 is 18.3 Å². The number of aromatic nitrogens is 2. The maximum atomic E-state index is 12.8. The number of rotatable bonds is 5. The Hall–Kier alpha value is -3.16. The summed E-state index contributed by atoms with van der Waals surface area (Å²) in [5, 5.41) is 13.2. The number of carboxylic acids is 1. The molecule has 1 fully saturated rings. The molecule has 13 heteroatoms. The average Bonchev–Trinajstić information content (AvgIpc) is 3.26. The number of imidazole rings is 1. The Kier molecular flexibility index (Phi) is 8.59. The monoisotopic (exact) mass is 518 g/mol. The molecule has 196 valence electrons. The molecule has 1 aromatic heterocycles. The lowest BCUT2D eigenvalue weighted by Gasteiger charge is -2.32. The third kappa shape index (κ3) is 7.18. The molecule has 0 aliphatic carbocycles. The lowest BCUT2D eigenvalue weighted by molar-refractivity contribution is -0.238. The largest absolute Gasteiger partial charge is 0.490 e. The fourth-order valence-corrected chi connectivity index (χ4v) is 3.53. The van der Waals surface area contributed by atoms with Gasteiger partial charge in [0, 0.05) is 31.4 Å². The number of carboxylic acid groups (broad SMARTS) is 1. The van der Waals surface area contributed by atoms with E-state index in [-0.39, 0.29) is 12.6 Å². The van der Waals surface area contributed by atoms with Crippen LogP contribution >= 0.6 is 0 Å². The van der Waals surface area contributed by atoms with Crippen LogP contribution in [0.2, 0.25) is 0 Å². The Balaban J connectivity index is 0.000000454. The molecule has 0 radical (unpaired) electrons. The minimum Gasteiger partial charge on any atom is -0.475 e. The highest BCUT2D eigenvalue weighted by Gasteiger charge is 2.43. The van der Waals surface area contributed by atoms with Gasteiger partial charge in [0.2, 0.25) is 0 Å². The zero-order valence-electron chi connectivity index (χ0n) is 19.0. The molecule has 1 aliphatic rings. The summed E-state index contributed by atoms with van der Waals surface area (Å²) in [4.78, 5) is 13.3. The summed E-state index contributed by atoms with van der Waals surface area (Å²) in [5.41, 5.74) is 4.02. The summed E-state index contributed by atoms with van der Waals surface area (Å²) < 4.78 is 77.5. The number of alkyl halides is 6. The molecule has 0 saturated carbocycles. The second-order valence-corrected chi connectivity index (χ2v) is 8.07. The quantitative estimate of drug-likeness (QED) is 0.439. The van der Waals surface area contributed by atoms with Crippen molar-refractivity contribution >= 4 is 17.0 Å². The van der Waals surface area contributed by atoms with Gasteiger partial charge in [-0.25, -0.2) is 9.78 Å². The van der Waals surface area contributed by atoms with Gasteiger partial charge in [-0.15, -0.1) is 0 Å². The van der Waals surface area contributed by atoms with Crippen LogP contribution in [0, 0.1) is 0 Å². The normalized spacial score (nSPS) is 19.4. The van der Waals surface area contributed by atoms with Gasteiger partial charge in [-0.3, -0.25) is 4.57 Å². The van der Waals surface area contributed by atoms with Crippen LogP contribution in [0.25, 0.3) is 16.7 Å². The molecule has 1 aliphatic heterocycles. The summed E-state index contributed by atoms with van der Waals surface area (Å²) in [6.45, 7) is 2.53. The SMILES string of the molecule is CC(NCC1CNCC(C(F)(F)F)O1)c1ccc(-n2cnc3ccccc32)cc1.O=C(O)C(F)(F)F. The molecule has 2 heterocycles. The van der Waals surface area contributed by atoms with Crippen LogP contribution in [0.5, 0.6) is 0 Å². The van der Waals surface area contributed by atoms with Gasteiger partial charge < -0.3 is 20.5 Å². The van der Waals surface area contributed by atoms with Crippen LogP contribution in [0.3, 0.4) is 0 Å². The molecule has 7 nitrogen and oxygen atoms in total. The second-order valence-electron chi connectivity index (χ2n) is 8.07. The molecule has 3 atom stereocenters. The minimum atomic E-state index is -5.08. The van der Waals surface area contributed by atoms with Gasteiger partial charge in [-0.05, 0) is 36.8 Å². The number of morpholine rings is 1. The Morgan fingerprint density at radius 2 is 1.78 bits per heavy atom. The summed E-state index contributed by atoms with van der Waals surface area (Å²) in [5.74, 6) is -2.76. The first-order chi connectivity index (χ1) is 16.9. The summed E-state index contributed by atoms with van der Waals surface area (Å²) in [6.07, 6.45) is -9.90. The number of hydrogen-bond donors (Lipinski definition) is 3. The fourth-order valence-electron chi connectivity index (χ4n) is 3.53. The first-order valence-electron chi connectivity index (χ1n) is 10.8. The lowest BCUT2D eigenvalue weighted by atomic mass is 10.1. The van der Waals surface area contributed by atoms with Crippen LogP contribution in [-0.4, -0.2) is 64.8 Å². The van der Waals surface area contributed by atoms with Gasteiger partial charge in [0.15, 0.2) is 6.10 Å². The topological polar surface area (TPSA) is 88.4 Å². The molecule has 3 unspecified atom stereocenters. The standard InChI is InChI=1S/C21H23F3N4O.C2HF3O2/c1-14(26-11-17-10-25-12-20(29-17)21(22,23)24)15-6-8-16(9-7-15)28-13-27-18-4-2-3-5-19(18)28;3-2(4,5)1(6)7/h2-9,13-14,17,20,25-26H,10-12H2,1H3;(H,6,7). The number of para-hydroxylation sites is 2. The maximum Gasteiger partial charge on any atom is 0.490 e. The van der Waals surface area contributed by atoms with Crippen LogP contribution < -0.4 is 10.6 Å². The Bertz CT molecular complexity index is 1150. The summed E-state index contributed by atoms with van der Waals surface area (Å²) in [7, 11) is 0. The maximum absolute atomic E-state index is 12.8. The third-order valence-electron chi connectivity index (χ3n) is 5.44. The second kappa shape index (κ2) is 11.3. The van der Waals surface area contributed by atoms with E-state index in [0.29, 0.717) is 13.1 Å². The van der Waals surface area contributed by atoms with Crippen LogP contribution in [0.15, 0.2) is 54.9 Å². The van der Waals surface area contributed by atoms with Gasteiger partial charge in [0.25, 0.3) is 0 Å². The van der Waals surface area contributed by atoms with Crippen LogP contribution in [0.4, 0.5) is 26.3 Å². The van der Waals surface area contributed by atoms with E-state index in [9.17, 15) is 26.3 Å². The van der Waals surface area contributed by atoms with Crippen molar-refractivity contribution in [3.63, 3.8) is 0 Å². The highest BCUT2D eigenvalue weighted by molar-refractivity contribution is 5.77. The fraction of sp³-hybridized carbons (Fsp3) is 0.391. The van der Waals surface area contributed by atoms with E-state index in [4.69, 9.17) is 14.6 Å². The smallest absolute Gasteiger partial charge is 0.475 e. The minimum absolute atomic E-state index is 0.0153. The number of carbonyl (C=O) groups is 1. The van der Waals surface area contributed by atoms with Gasteiger partial charge in [-0.2, -0.15) is 26.3 Å². The molecule has 4 rings (SSSR count). The number of hydrogen-bond acceptors (Lipinski definition) is 5. The van der Waals surface area contributed by atoms with Crippen molar-refractivity contribution in [1.29, 1.82) is 0 Å². The molecule has 0 spiro atoms. The first kappa shape index (κ1) is 27.4. The van der Waals surface area contributed by atoms with E-state index in [0.717, 1.165) is 22.3 Å². The molecular weight excluding hydrogens is 494 g/mol. The van der Waals surface area contributed by atoms with E-state index in [2.05, 4.69) is 15.6 Å². The van der Waals surface area contributed by atoms with E-state index in [1.165, 1.54) is 0 Å². The molecular formula is C23H24F6N4O3. The van der Waals surface area contributed by atoms with Gasteiger partial charge in [0.05, 0.1) is 17.1 Å². The number of ether oxygens (including phenoxy) is 1. The molecule has 0 amide bonds. The Morgan fingerprint density at radius 1 is 1.14 bits per heavy atom. The number of nitrogens with one attached hydrogen (secondary N) is 2. The number of halogens is 6. The number of aliphatic carboxylic acids is 1. The number of fused-ring (bicyclic) bond motifs is 1. The highest BCUT2D eigenvalue weighted by atomic mass is 19.4. The van der Waals surface area contributed by atoms with Crippen molar-refractivity contribution in [3.8, 4) is 5.69 Å². The zero-order valence-corrected chi connectivity index (χ0v) is 19.0. The third-order valence-corrected chi connectivity index (χ3v) is 5.44. The molecule has 0 bridgehead atoms. The Morgan fingerprint density at radius 3 is 2.39 bits per heavy atom. The van der Waals surface area contributed by atoms with E-state index >= 15 is 0 Å². The predicted octanol–water partition coefficient (Wildman–Crippen LogP) is 4.23. The van der Waals surface area contributed by atoms with E-state index in [1.54, 1.807) is 6.33 Å². The van der Waals surface area contributed by atoms with Crippen molar-refractivity contribution in [2.75, 3.05) is 19.6 Å². The van der Waals surface area contributed by atoms with Crippen molar-refractivity contribution in [2.45, 2.75) is 37.5 Å². The molecule has 2 aromatic carbocycles. The van der Waals surface area contributed by atoms with Crippen LogP contribution in [-0.2, 0) is 9.53 Å². The summed E-state index contributed by atoms with van der Waals surface area (Å²) >= 11 is 0. The van der Waals surface area contributed by atoms with Crippen LogP contribution in [0.1, 0.15) is 18.5 Å². The molecule has 36 heavy (non-hydrogen) atoms. The average molecular weight is 518 g/mol. The van der Waals surface area contributed by atoms with Crippen molar-refractivity contribution in [1.82, 2.24) is 20.2 Å². The van der Waals surface area contributed by atoms with Crippen molar-refractivity contribution < 1.29 is 41.0 Å². The zero-order chi connectivity index (χ0) is 26.5. The molecule has 3 aromatic rings. The van der Waals surface area contributed by atoms with Crippen molar-refractivity contribution in [2.24, 2.45) is 0 Å². The molecule has 1 saturated heterocycles. The van der Waals surface area contributed by atoms with Gasteiger partial charge in [0.1, 0.15) is 6.33 Å². The van der Waals surface area contributed by atoms with E-state index < -0.39 is 30.5 Å². The lowest BCUT2D eigenvalue weighted by Crippen LogP contribution is -2.53. The first-order valence-corrected chi connectivity index (χ1v) is 10.8. The summed E-state index contributed by atoms with van der Waals surface area (Å²) in [6, 6.07) is 16.0. The predicted molar refractivity (Wildman–Crippen MR) is 119 cm³/mol. The molecule has 3 N–H and O–H groups in total. The highest BCUT2D eigenvalue weighted by Crippen LogP contribution is 2.25. The van der Waals surface area contributed by atoms with Crippen molar-refractivity contribution in [3.05, 3.63) is 60.4 Å². The van der Waals surface area contributed by atoms with Gasteiger partial charge in [-0.1, -0.05) is 24.3 Å². The Labute approximate surface area is 202 Å². The number of benzene rings is 2. The number of nitrogens with zero attached hydrogens (tertiary/aromatic N) is 2.